The molecule has 1 aliphatic rings. The molecule has 4 rings (SSSR count). The van der Waals surface area contributed by atoms with E-state index in [0.717, 1.165) is 16.7 Å². The first-order valence-electron chi connectivity index (χ1n) is 11.2. The van der Waals surface area contributed by atoms with Gasteiger partial charge in [-0.25, -0.2) is 0 Å². The number of thioether (sulfide) groups is 1. The predicted octanol–water partition coefficient (Wildman–Crippen LogP) is 4.39. The molecule has 4 amide bonds. The van der Waals surface area contributed by atoms with Gasteiger partial charge >= 0.3 is 0 Å². The van der Waals surface area contributed by atoms with Crippen molar-refractivity contribution in [2.75, 3.05) is 30.9 Å². The van der Waals surface area contributed by atoms with Gasteiger partial charge in [0.05, 0.1) is 12.0 Å². The zero-order valence-corrected chi connectivity index (χ0v) is 20.6. The van der Waals surface area contributed by atoms with Crippen LogP contribution in [0.15, 0.2) is 83.8 Å². The summed E-state index contributed by atoms with van der Waals surface area (Å²) in [5, 5.41) is 4.86. The summed E-state index contributed by atoms with van der Waals surface area (Å²) >= 11 is 0.767. The molecule has 1 fully saturated rings. The van der Waals surface area contributed by atoms with E-state index >= 15 is 0 Å². The molecular formula is C27H23N3O6S. The minimum Gasteiger partial charge on any atom is -0.497 e. The van der Waals surface area contributed by atoms with Crippen LogP contribution in [0.25, 0.3) is 6.08 Å². The average molecular weight is 518 g/mol. The Kier molecular flexibility index (Phi) is 8.22. The summed E-state index contributed by atoms with van der Waals surface area (Å²) in [7, 11) is 1.54. The quantitative estimate of drug-likeness (QED) is 0.405. The van der Waals surface area contributed by atoms with Gasteiger partial charge in [0.2, 0.25) is 5.91 Å². The number of methoxy groups -OCH3 is 1. The number of nitrogens with one attached hydrogen (secondary N) is 2. The zero-order valence-electron chi connectivity index (χ0n) is 19.8. The largest absolute Gasteiger partial charge is 0.497 e. The number of anilines is 2. The number of ether oxygens (including phenoxy) is 2. The number of carbonyl (C=O) groups excluding carboxylic acids is 4. The predicted molar refractivity (Wildman–Crippen MR) is 141 cm³/mol. The summed E-state index contributed by atoms with van der Waals surface area (Å²) in [4.78, 5) is 50.6. The topological polar surface area (TPSA) is 114 Å². The van der Waals surface area contributed by atoms with Crippen LogP contribution in [0.5, 0.6) is 11.5 Å². The van der Waals surface area contributed by atoms with Gasteiger partial charge in [0, 0.05) is 11.4 Å². The molecule has 0 spiro atoms. The Labute approximate surface area is 217 Å². The van der Waals surface area contributed by atoms with Gasteiger partial charge < -0.3 is 20.1 Å². The highest BCUT2D eigenvalue weighted by atomic mass is 32.2. The molecule has 10 heteroatoms. The molecule has 9 nitrogen and oxygen atoms in total. The van der Waals surface area contributed by atoms with Crippen LogP contribution in [-0.4, -0.2) is 48.1 Å². The van der Waals surface area contributed by atoms with Gasteiger partial charge in [-0.05, 0) is 71.9 Å². The van der Waals surface area contributed by atoms with Crippen molar-refractivity contribution in [1.29, 1.82) is 0 Å². The van der Waals surface area contributed by atoms with Gasteiger partial charge in [0.1, 0.15) is 18.0 Å². The second-order valence-electron chi connectivity index (χ2n) is 7.82. The summed E-state index contributed by atoms with van der Waals surface area (Å²) in [6.45, 7) is -0.558. The van der Waals surface area contributed by atoms with Gasteiger partial charge in [-0.15, -0.1) is 0 Å². The number of imide groups is 1. The molecule has 0 bridgehead atoms. The molecule has 1 saturated heterocycles. The maximum atomic E-state index is 12.7. The molecule has 3 aromatic carbocycles. The van der Waals surface area contributed by atoms with Crippen LogP contribution in [0.2, 0.25) is 0 Å². The molecule has 37 heavy (non-hydrogen) atoms. The fourth-order valence-corrected chi connectivity index (χ4v) is 4.17. The van der Waals surface area contributed by atoms with Crippen LogP contribution in [-0.2, 0) is 14.4 Å². The fraction of sp³-hybridized carbons (Fsp3) is 0.111. The van der Waals surface area contributed by atoms with Gasteiger partial charge in [0.25, 0.3) is 17.1 Å². The van der Waals surface area contributed by atoms with Crippen LogP contribution >= 0.6 is 11.8 Å². The second kappa shape index (κ2) is 11.9. The number of hydrogen-bond donors (Lipinski definition) is 2. The Morgan fingerprint density at radius 2 is 1.46 bits per heavy atom. The molecule has 1 heterocycles. The Morgan fingerprint density at radius 3 is 2.14 bits per heavy atom. The minimum absolute atomic E-state index is 0.161. The number of carbonyl (C=O) groups is 4. The van der Waals surface area contributed by atoms with E-state index in [4.69, 9.17) is 9.47 Å². The van der Waals surface area contributed by atoms with E-state index < -0.39 is 23.6 Å². The zero-order chi connectivity index (χ0) is 26.2. The molecule has 3 aromatic rings. The van der Waals surface area contributed by atoms with Crippen LogP contribution in [0.1, 0.15) is 5.56 Å². The Morgan fingerprint density at radius 1 is 0.838 bits per heavy atom. The molecule has 0 radical (unpaired) electrons. The number of amides is 4. The smallest absolute Gasteiger partial charge is 0.294 e. The van der Waals surface area contributed by atoms with Crippen molar-refractivity contribution < 1.29 is 28.7 Å². The third-order valence-corrected chi connectivity index (χ3v) is 6.06. The molecule has 2 N–H and O–H groups in total. The monoisotopic (exact) mass is 517 g/mol. The lowest BCUT2D eigenvalue weighted by Crippen LogP contribution is -2.36. The van der Waals surface area contributed by atoms with Crippen LogP contribution in [0.4, 0.5) is 16.2 Å². The molecular weight excluding hydrogens is 494 g/mol. The highest BCUT2D eigenvalue weighted by Crippen LogP contribution is 2.32. The van der Waals surface area contributed by atoms with E-state index in [1.54, 1.807) is 66.7 Å². The van der Waals surface area contributed by atoms with Crippen molar-refractivity contribution in [2.24, 2.45) is 0 Å². The van der Waals surface area contributed by atoms with E-state index in [0.29, 0.717) is 28.4 Å². The van der Waals surface area contributed by atoms with Crippen molar-refractivity contribution in [3.05, 3.63) is 89.3 Å². The fourth-order valence-electron chi connectivity index (χ4n) is 3.33. The second-order valence-corrected chi connectivity index (χ2v) is 8.81. The number of para-hydroxylation sites is 1. The summed E-state index contributed by atoms with van der Waals surface area (Å²) < 4.78 is 10.6. The molecule has 0 atom stereocenters. The van der Waals surface area contributed by atoms with Crippen molar-refractivity contribution in [3.8, 4) is 11.5 Å². The molecule has 1 aliphatic heterocycles. The lowest BCUT2D eigenvalue weighted by Gasteiger charge is -2.12. The first kappa shape index (κ1) is 25.5. The van der Waals surface area contributed by atoms with Gasteiger partial charge in [0.15, 0.2) is 6.61 Å². The van der Waals surface area contributed by atoms with Gasteiger partial charge in [-0.2, -0.15) is 0 Å². The molecule has 0 aromatic heterocycles. The minimum atomic E-state index is -0.544. The summed E-state index contributed by atoms with van der Waals surface area (Å²) in [5.41, 5.74) is 1.86. The van der Waals surface area contributed by atoms with E-state index in [2.05, 4.69) is 10.6 Å². The van der Waals surface area contributed by atoms with E-state index in [1.807, 2.05) is 18.2 Å². The van der Waals surface area contributed by atoms with E-state index in [1.165, 1.54) is 7.11 Å². The van der Waals surface area contributed by atoms with Crippen LogP contribution in [0, 0.1) is 0 Å². The number of nitrogens with zero attached hydrogens (tertiary/aromatic N) is 1. The maximum Gasteiger partial charge on any atom is 0.294 e. The maximum absolute atomic E-state index is 12.7. The third-order valence-electron chi connectivity index (χ3n) is 5.15. The van der Waals surface area contributed by atoms with Crippen molar-refractivity contribution in [2.45, 2.75) is 0 Å². The average Bonchev–Trinajstić information content (AvgIpc) is 3.16. The standard InChI is InChI=1S/C27H23N3O6S/c1-35-21-13-9-20(10-14-21)28-24(31)16-30-26(33)23(37-27(30)34)15-18-7-11-22(12-8-18)36-17-25(32)29-19-5-3-2-4-6-19/h2-15H,16-17H2,1H3,(H,28,31)(H,29,32)/b23-15+. The van der Waals surface area contributed by atoms with Gasteiger partial charge in [-0.3, -0.25) is 24.1 Å². The van der Waals surface area contributed by atoms with Crippen LogP contribution < -0.4 is 20.1 Å². The molecule has 188 valence electrons. The van der Waals surface area contributed by atoms with Crippen molar-refractivity contribution in [3.63, 3.8) is 0 Å². The number of benzene rings is 3. The Hall–Kier alpha value is -4.57. The molecule has 0 aliphatic carbocycles. The summed E-state index contributed by atoms with van der Waals surface area (Å²) in [6, 6.07) is 22.5. The van der Waals surface area contributed by atoms with E-state index in [-0.39, 0.29) is 17.4 Å². The number of hydrogen-bond acceptors (Lipinski definition) is 7. The Bertz CT molecular complexity index is 1320. The number of rotatable bonds is 9. The first-order chi connectivity index (χ1) is 17.9. The molecule has 0 unspecified atom stereocenters. The lowest BCUT2D eigenvalue weighted by atomic mass is 10.2. The van der Waals surface area contributed by atoms with Gasteiger partial charge in [-0.1, -0.05) is 30.3 Å². The highest BCUT2D eigenvalue weighted by Gasteiger charge is 2.36. The van der Waals surface area contributed by atoms with E-state index in [9.17, 15) is 19.2 Å². The Balaban J connectivity index is 1.30. The summed E-state index contributed by atoms with van der Waals surface area (Å²) in [5.74, 6) is -0.213. The molecule has 0 saturated carbocycles. The lowest BCUT2D eigenvalue weighted by molar-refractivity contribution is -0.127. The normalized spacial score (nSPS) is 14.0. The van der Waals surface area contributed by atoms with Crippen LogP contribution in [0.3, 0.4) is 0 Å². The SMILES string of the molecule is COc1ccc(NC(=O)CN2C(=O)S/C(=C/c3ccc(OCC(=O)Nc4ccccc4)cc3)C2=O)cc1. The van der Waals surface area contributed by atoms with Crippen molar-refractivity contribution >= 4 is 52.2 Å². The summed E-state index contributed by atoms with van der Waals surface area (Å²) in [6.07, 6.45) is 1.57. The highest BCUT2D eigenvalue weighted by molar-refractivity contribution is 8.18. The third kappa shape index (κ3) is 6.98. The first-order valence-corrected chi connectivity index (χ1v) is 12.0. The van der Waals surface area contributed by atoms with Crippen molar-refractivity contribution in [1.82, 2.24) is 4.90 Å².